The van der Waals surface area contributed by atoms with Crippen LogP contribution in [0.15, 0.2) is 89.9 Å². The molecular formula is C31H31N3O2. The number of allylic oxidation sites excluding steroid dienone is 2. The summed E-state index contributed by atoms with van der Waals surface area (Å²) in [5.74, 6) is -0.334. The molecule has 5 heteroatoms. The van der Waals surface area contributed by atoms with Crippen molar-refractivity contribution in [1.82, 2.24) is 4.98 Å². The van der Waals surface area contributed by atoms with Crippen LogP contribution in [0, 0.1) is 24.7 Å². The predicted molar refractivity (Wildman–Crippen MR) is 144 cm³/mol. The molecule has 1 aromatic heterocycles. The Kier molecular flexibility index (Phi) is 5.87. The summed E-state index contributed by atoms with van der Waals surface area (Å²) in [6.07, 6.45) is 4.50. The van der Waals surface area contributed by atoms with Gasteiger partial charge in [-0.25, -0.2) is 0 Å². The minimum atomic E-state index is -0.577. The van der Waals surface area contributed by atoms with Gasteiger partial charge in [0.15, 0.2) is 5.78 Å². The average Bonchev–Trinajstić information content (AvgIpc) is 2.84. The molecule has 2 heterocycles. The van der Waals surface area contributed by atoms with E-state index in [2.05, 4.69) is 18.8 Å². The van der Waals surface area contributed by atoms with Crippen LogP contribution in [0.4, 0.5) is 5.69 Å². The number of benzene rings is 2. The van der Waals surface area contributed by atoms with Gasteiger partial charge in [-0.05, 0) is 48.9 Å². The van der Waals surface area contributed by atoms with Crippen LogP contribution in [0.25, 0.3) is 5.76 Å². The number of aliphatic hydroxyl groups excluding tert-OH is 1. The van der Waals surface area contributed by atoms with Crippen LogP contribution in [-0.4, -0.2) is 21.7 Å². The number of nitrogens with one attached hydrogen (secondary N) is 1. The second-order valence-corrected chi connectivity index (χ2v) is 10.6. The van der Waals surface area contributed by atoms with E-state index in [1.54, 1.807) is 12.4 Å². The molecule has 1 aliphatic heterocycles. The molecule has 0 saturated heterocycles. The molecule has 2 aromatic carbocycles. The molecule has 0 spiro atoms. The van der Waals surface area contributed by atoms with E-state index >= 15 is 0 Å². The van der Waals surface area contributed by atoms with Crippen LogP contribution in [0.5, 0.6) is 0 Å². The first-order valence-corrected chi connectivity index (χ1v) is 12.3. The molecule has 0 amide bonds. The molecular weight excluding hydrogens is 446 g/mol. The number of carbonyl (C=O) groups excluding carboxylic acids is 1. The third kappa shape index (κ3) is 4.05. The number of carbonyl (C=O) groups is 1. The Hall–Kier alpha value is -3.99. The lowest BCUT2D eigenvalue weighted by Gasteiger charge is -2.45. The third-order valence-electron chi connectivity index (χ3n) is 7.18. The van der Waals surface area contributed by atoms with Crippen LogP contribution in [0.2, 0.25) is 0 Å². The Balaban J connectivity index is 1.86. The van der Waals surface area contributed by atoms with Gasteiger partial charge in [-0.2, -0.15) is 0 Å². The number of pyridine rings is 1. The maximum atomic E-state index is 13.9. The highest BCUT2D eigenvalue weighted by Crippen LogP contribution is 2.51. The number of hydrogen-bond acceptors (Lipinski definition) is 4. The van der Waals surface area contributed by atoms with Crippen molar-refractivity contribution in [1.29, 1.82) is 5.41 Å². The molecule has 0 fully saturated rings. The zero-order chi connectivity index (χ0) is 25.6. The highest BCUT2D eigenvalue weighted by atomic mass is 16.3. The maximum absolute atomic E-state index is 13.9. The van der Waals surface area contributed by atoms with Gasteiger partial charge in [0.2, 0.25) is 0 Å². The summed E-state index contributed by atoms with van der Waals surface area (Å²) in [7, 11) is 0. The van der Waals surface area contributed by atoms with E-state index in [1.807, 2.05) is 79.4 Å². The van der Waals surface area contributed by atoms with E-state index in [1.165, 1.54) is 0 Å². The standard InChI is InChI=1S/C31H31N3O2/c1-19-11-13-21(14-12-19)29(36)28-26(22-9-7-15-33-18-22)27-24(16-31(3,4)17-25(27)35)34(30(28)32)23-10-6-5-8-20(23)2/h5-15,18,26,32,36H,16-17H2,1-4H3/b29-28+,32-30?. The Morgan fingerprint density at radius 2 is 1.75 bits per heavy atom. The summed E-state index contributed by atoms with van der Waals surface area (Å²) in [5, 5.41) is 21.2. The maximum Gasteiger partial charge on any atom is 0.162 e. The zero-order valence-electron chi connectivity index (χ0n) is 21.2. The van der Waals surface area contributed by atoms with Gasteiger partial charge in [-0.15, -0.1) is 0 Å². The molecule has 36 heavy (non-hydrogen) atoms. The number of ketones is 1. The van der Waals surface area contributed by atoms with Gasteiger partial charge < -0.3 is 5.11 Å². The number of aryl methyl sites for hydroxylation is 2. The van der Waals surface area contributed by atoms with Crippen molar-refractivity contribution in [3.05, 3.63) is 112 Å². The molecule has 1 unspecified atom stereocenters. The zero-order valence-corrected chi connectivity index (χ0v) is 21.2. The highest BCUT2D eigenvalue weighted by molar-refractivity contribution is 6.20. The van der Waals surface area contributed by atoms with Crippen LogP contribution >= 0.6 is 0 Å². The summed E-state index contributed by atoms with van der Waals surface area (Å²) in [6, 6.07) is 19.3. The summed E-state index contributed by atoms with van der Waals surface area (Å²) in [6.45, 7) is 8.20. The SMILES string of the molecule is Cc1ccc(/C(O)=C2\C(=N)N(c3ccccc3C)C3=C(C(=O)CC(C)(C)C3)C2c2cccnc2)cc1. The third-order valence-corrected chi connectivity index (χ3v) is 7.18. The number of aromatic nitrogens is 1. The molecule has 5 nitrogen and oxygen atoms in total. The lowest BCUT2D eigenvalue weighted by Crippen LogP contribution is -2.45. The van der Waals surface area contributed by atoms with E-state index in [-0.39, 0.29) is 22.8 Å². The smallest absolute Gasteiger partial charge is 0.162 e. The van der Waals surface area contributed by atoms with Gasteiger partial charge in [-0.3, -0.25) is 20.1 Å². The number of nitrogens with zero attached hydrogens (tertiary/aromatic N) is 2. The molecule has 182 valence electrons. The second-order valence-electron chi connectivity index (χ2n) is 10.6. The quantitative estimate of drug-likeness (QED) is 0.403. The Labute approximate surface area is 212 Å². The minimum Gasteiger partial charge on any atom is -0.507 e. The fourth-order valence-electron chi connectivity index (χ4n) is 5.44. The number of aliphatic hydroxyl groups is 1. The van der Waals surface area contributed by atoms with Crippen molar-refractivity contribution >= 4 is 23.1 Å². The number of anilines is 1. The van der Waals surface area contributed by atoms with Crippen LogP contribution in [0.3, 0.4) is 0 Å². The Morgan fingerprint density at radius 1 is 1.03 bits per heavy atom. The lowest BCUT2D eigenvalue weighted by molar-refractivity contribution is -0.118. The number of amidine groups is 1. The Morgan fingerprint density at radius 3 is 2.42 bits per heavy atom. The largest absolute Gasteiger partial charge is 0.507 e. The molecule has 0 radical (unpaired) electrons. The second kappa shape index (κ2) is 8.90. The molecule has 1 atom stereocenters. The van der Waals surface area contributed by atoms with E-state index in [0.29, 0.717) is 29.6 Å². The minimum absolute atomic E-state index is 0.0108. The van der Waals surface area contributed by atoms with Crippen molar-refractivity contribution in [3.8, 4) is 0 Å². The monoisotopic (exact) mass is 477 g/mol. The Bertz CT molecular complexity index is 1420. The molecule has 2 N–H and O–H groups in total. The van der Waals surface area contributed by atoms with Gasteiger partial charge >= 0.3 is 0 Å². The number of rotatable bonds is 3. The van der Waals surface area contributed by atoms with Gasteiger partial charge in [-0.1, -0.05) is 67.9 Å². The first-order chi connectivity index (χ1) is 17.2. The summed E-state index contributed by atoms with van der Waals surface area (Å²) in [5.41, 5.74) is 6.00. The molecule has 1 aliphatic carbocycles. The van der Waals surface area contributed by atoms with Crippen LogP contribution in [-0.2, 0) is 4.79 Å². The number of para-hydroxylation sites is 1. The fraction of sp³-hybridized carbons (Fsp3) is 0.258. The molecule has 5 rings (SSSR count). The molecule has 3 aromatic rings. The van der Waals surface area contributed by atoms with E-state index in [9.17, 15) is 15.3 Å². The molecule has 0 saturated carbocycles. The van der Waals surface area contributed by atoms with Crippen molar-refractivity contribution in [3.63, 3.8) is 0 Å². The average molecular weight is 478 g/mol. The van der Waals surface area contributed by atoms with Crippen molar-refractivity contribution in [2.45, 2.75) is 46.5 Å². The summed E-state index contributed by atoms with van der Waals surface area (Å²) >= 11 is 0. The van der Waals surface area contributed by atoms with Crippen LogP contribution < -0.4 is 4.90 Å². The fourth-order valence-corrected chi connectivity index (χ4v) is 5.44. The lowest BCUT2D eigenvalue weighted by atomic mass is 9.67. The van der Waals surface area contributed by atoms with Crippen LogP contribution in [0.1, 0.15) is 54.9 Å². The number of hydrogen-bond donors (Lipinski definition) is 2. The first kappa shape index (κ1) is 23.7. The van der Waals surface area contributed by atoms with E-state index in [4.69, 9.17) is 0 Å². The summed E-state index contributed by atoms with van der Waals surface area (Å²) in [4.78, 5) is 20.1. The number of Topliss-reactive ketones (excluding diaryl/α,β-unsaturated/α-hetero) is 1. The van der Waals surface area contributed by atoms with Crippen molar-refractivity contribution in [2.75, 3.05) is 4.90 Å². The van der Waals surface area contributed by atoms with E-state index < -0.39 is 5.92 Å². The van der Waals surface area contributed by atoms with Gasteiger partial charge in [0.05, 0.1) is 5.69 Å². The topological polar surface area (TPSA) is 77.3 Å². The van der Waals surface area contributed by atoms with Crippen molar-refractivity contribution < 1.29 is 9.90 Å². The normalized spacial score (nSPS) is 20.9. The molecule has 0 bridgehead atoms. The summed E-state index contributed by atoms with van der Waals surface area (Å²) < 4.78 is 0. The highest BCUT2D eigenvalue weighted by Gasteiger charge is 2.47. The van der Waals surface area contributed by atoms with E-state index in [0.717, 1.165) is 28.1 Å². The van der Waals surface area contributed by atoms with Gasteiger partial charge in [0.25, 0.3) is 0 Å². The van der Waals surface area contributed by atoms with Gasteiger partial charge in [0, 0.05) is 47.1 Å². The molecule has 2 aliphatic rings. The first-order valence-electron chi connectivity index (χ1n) is 12.3. The van der Waals surface area contributed by atoms with Crippen molar-refractivity contribution in [2.24, 2.45) is 5.41 Å². The van der Waals surface area contributed by atoms with Gasteiger partial charge in [0.1, 0.15) is 11.6 Å². The predicted octanol–water partition coefficient (Wildman–Crippen LogP) is 6.89.